The van der Waals surface area contributed by atoms with Gasteiger partial charge in [0, 0.05) is 23.4 Å². The lowest BCUT2D eigenvalue weighted by Gasteiger charge is -2.19. The molecule has 1 unspecified atom stereocenters. The zero-order valence-electron chi connectivity index (χ0n) is 12.5. The molecule has 4 heteroatoms. The molecule has 1 aromatic carbocycles. The molecular formula is C16H23N3S. The zero-order chi connectivity index (χ0) is 14.4. The Morgan fingerprint density at radius 1 is 1.25 bits per heavy atom. The van der Waals surface area contributed by atoms with Gasteiger partial charge in [-0.1, -0.05) is 25.1 Å². The third-order valence-electron chi connectivity index (χ3n) is 3.36. The molecule has 0 aliphatic rings. The summed E-state index contributed by atoms with van der Waals surface area (Å²) in [4.78, 5) is 1.36. The van der Waals surface area contributed by atoms with Crippen LogP contribution >= 0.6 is 11.8 Å². The number of aryl methyl sites for hydroxylation is 2. The highest BCUT2D eigenvalue weighted by Crippen LogP contribution is 2.27. The van der Waals surface area contributed by atoms with Crippen LogP contribution in [0.3, 0.4) is 0 Å². The van der Waals surface area contributed by atoms with Crippen LogP contribution in [0.5, 0.6) is 0 Å². The van der Waals surface area contributed by atoms with Gasteiger partial charge in [0.15, 0.2) is 0 Å². The van der Waals surface area contributed by atoms with Crippen LogP contribution in [-0.2, 0) is 6.54 Å². The highest BCUT2D eigenvalue weighted by atomic mass is 32.2. The molecule has 0 radical (unpaired) electrons. The van der Waals surface area contributed by atoms with Crippen molar-refractivity contribution in [3.63, 3.8) is 0 Å². The van der Waals surface area contributed by atoms with E-state index in [9.17, 15) is 0 Å². The molecule has 1 heterocycles. The van der Waals surface area contributed by atoms with Crippen molar-refractivity contribution in [2.24, 2.45) is 0 Å². The lowest BCUT2D eigenvalue weighted by Crippen LogP contribution is -2.25. The molecule has 0 aliphatic heterocycles. The average molecular weight is 289 g/mol. The van der Waals surface area contributed by atoms with E-state index in [1.807, 2.05) is 18.0 Å². The summed E-state index contributed by atoms with van der Waals surface area (Å²) in [6.45, 7) is 8.33. The molecule has 0 amide bonds. The van der Waals surface area contributed by atoms with E-state index in [-0.39, 0.29) is 0 Å². The Hall–Kier alpha value is -1.26. The van der Waals surface area contributed by atoms with Crippen molar-refractivity contribution in [3.8, 4) is 0 Å². The van der Waals surface area contributed by atoms with E-state index in [2.05, 4.69) is 66.2 Å². The molecule has 108 valence electrons. The minimum Gasteiger partial charge on any atom is -0.308 e. The lowest BCUT2D eigenvalue weighted by molar-refractivity contribution is 0.527. The van der Waals surface area contributed by atoms with E-state index in [1.165, 1.54) is 16.2 Å². The molecule has 3 nitrogen and oxygen atoms in total. The van der Waals surface area contributed by atoms with Crippen molar-refractivity contribution >= 4 is 11.8 Å². The van der Waals surface area contributed by atoms with Crippen LogP contribution in [0.2, 0.25) is 0 Å². The van der Waals surface area contributed by atoms with E-state index in [1.54, 1.807) is 0 Å². The van der Waals surface area contributed by atoms with Crippen molar-refractivity contribution in [2.45, 2.75) is 38.3 Å². The second-order valence-electron chi connectivity index (χ2n) is 4.76. The molecule has 20 heavy (non-hydrogen) atoms. The molecule has 0 fully saturated rings. The van der Waals surface area contributed by atoms with Gasteiger partial charge in [-0.15, -0.1) is 11.8 Å². The molecule has 0 saturated carbocycles. The normalized spacial score (nSPS) is 12.6. The molecule has 0 saturated heterocycles. The van der Waals surface area contributed by atoms with E-state index in [4.69, 9.17) is 0 Å². The SMILES string of the molecule is CCNC(CSc1ccccc1C)c1ccnn1CC. The van der Waals surface area contributed by atoms with Gasteiger partial charge in [-0.2, -0.15) is 5.10 Å². The minimum atomic E-state index is 0.340. The van der Waals surface area contributed by atoms with Gasteiger partial charge in [0.1, 0.15) is 0 Å². The van der Waals surface area contributed by atoms with Crippen LogP contribution in [-0.4, -0.2) is 22.1 Å². The van der Waals surface area contributed by atoms with Crippen LogP contribution in [0.1, 0.15) is 31.1 Å². The lowest BCUT2D eigenvalue weighted by atomic mass is 10.2. The smallest absolute Gasteiger partial charge is 0.0587 e. The average Bonchev–Trinajstić information content (AvgIpc) is 2.93. The maximum Gasteiger partial charge on any atom is 0.0587 e. The van der Waals surface area contributed by atoms with E-state index >= 15 is 0 Å². The van der Waals surface area contributed by atoms with Crippen LogP contribution in [0.25, 0.3) is 0 Å². The first kappa shape index (κ1) is 15.1. The quantitative estimate of drug-likeness (QED) is 0.789. The number of aromatic nitrogens is 2. The van der Waals surface area contributed by atoms with Gasteiger partial charge in [0.05, 0.1) is 11.7 Å². The molecule has 1 N–H and O–H groups in total. The Kier molecular flexibility index (Phi) is 5.68. The molecule has 0 aliphatic carbocycles. The summed E-state index contributed by atoms with van der Waals surface area (Å²) in [6, 6.07) is 11.0. The number of thioether (sulfide) groups is 1. The molecule has 0 bridgehead atoms. The molecular weight excluding hydrogens is 266 g/mol. The number of benzene rings is 1. The summed E-state index contributed by atoms with van der Waals surface area (Å²) in [5.74, 6) is 1.02. The molecule has 1 aromatic heterocycles. The second-order valence-corrected chi connectivity index (χ2v) is 5.82. The Labute approximate surface area is 125 Å². The van der Waals surface area contributed by atoms with E-state index in [0.717, 1.165) is 18.8 Å². The van der Waals surface area contributed by atoms with Crippen molar-refractivity contribution in [2.75, 3.05) is 12.3 Å². The van der Waals surface area contributed by atoms with Crippen molar-refractivity contribution < 1.29 is 0 Å². The first-order chi connectivity index (χ1) is 9.76. The first-order valence-corrected chi connectivity index (χ1v) is 8.18. The highest BCUT2D eigenvalue weighted by molar-refractivity contribution is 7.99. The summed E-state index contributed by atoms with van der Waals surface area (Å²) in [5, 5.41) is 7.95. The highest BCUT2D eigenvalue weighted by Gasteiger charge is 2.15. The largest absolute Gasteiger partial charge is 0.308 e. The summed E-state index contributed by atoms with van der Waals surface area (Å²) in [6.07, 6.45) is 1.89. The third-order valence-corrected chi connectivity index (χ3v) is 4.62. The Balaban J connectivity index is 2.08. The van der Waals surface area contributed by atoms with Gasteiger partial charge in [-0.3, -0.25) is 4.68 Å². The number of nitrogens with zero attached hydrogens (tertiary/aromatic N) is 2. The van der Waals surface area contributed by atoms with Gasteiger partial charge in [-0.05, 0) is 38.1 Å². The number of hydrogen-bond donors (Lipinski definition) is 1. The van der Waals surface area contributed by atoms with Crippen molar-refractivity contribution in [1.82, 2.24) is 15.1 Å². The fraction of sp³-hybridized carbons (Fsp3) is 0.438. The van der Waals surface area contributed by atoms with Gasteiger partial charge in [-0.25, -0.2) is 0 Å². The maximum atomic E-state index is 4.38. The molecule has 0 spiro atoms. The molecule has 2 aromatic rings. The summed E-state index contributed by atoms with van der Waals surface area (Å²) in [5.41, 5.74) is 2.62. The van der Waals surface area contributed by atoms with Crippen molar-refractivity contribution in [1.29, 1.82) is 0 Å². The van der Waals surface area contributed by atoms with Gasteiger partial charge in [0.2, 0.25) is 0 Å². The Morgan fingerprint density at radius 3 is 2.75 bits per heavy atom. The molecule has 2 rings (SSSR count). The number of hydrogen-bond acceptors (Lipinski definition) is 3. The zero-order valence-corrected chi connectivity index (χ0v) is 13.3. The second kappa shape index (κ2) is 7.50. The maximum absolute atomic E-state index is 4.38. The Bertz CT molecular complexity index is 536. The Morgan fingerprint density at radius 2 is 2.05 bits per heavy atom. The summed E-state index contributed by atoms with van der Waals surface area (Å²) in [7, 11) is 0. The monoisotopic (exact) mass is 289 g/mol. The van der Waals surface area contributed by atoms with Crippen molar-refractivity contribution in [3.05, 3.63) is 47.8 Å². The van der Waals surface area contributed by atoms with Crippen LogP contribution < -0.4 is 5.32 Å². The van der Waals surface area contributed by atoms with Crippen LogP contribution in [0.15, 0.2) is 41.4 Å². The van der Waals surface area contributed by atoms with E-state index in [0.29, 0.717) is 6.04 Å². The van der Waals surface area contributed by atoms with E-state index < -0.39 is 0 Å². The standard InChI is InChI=1S/C16H23N3S/c1-4-17-14(15-10-11-18-19(15)5-2)12-20-16-9-7-6-8-13(16)3/h6-11,14,17H,4-5,12H2,1-3H3. The predicted molar refractivity (Wildman–Crippen MR) is 86.2 cm³/mol. The summed E-state index contributed by atoms with van der Waals surface area (Å²) >= 11 is 1.91. The third kappa shape index (κ3) is 3.64. The first-order valence-electron chi connectivity index (χ1n) is 7.19. The van der Waals surface area contributed by atoms with Gasteiger partial charge >= 0.3 is 0 Å². The molecule has 1 atom stereocenters. The van der Waals surface area contributed by atoms with Crippen LogP contribution in [0.4, 0.5) is 0 Å². The van der Waals surface area contributed by atoms with Gasteiger partial charge in [0.25, 0.3) is 0 Å². The number of nitrogens with one attached hydrogen (secondary N) is 1. The predicted octanol–water partition coefficient (Wildman–Crippen LogP) is 3.65. The minimum absolute atomic E-state index is 0.340. The fourth-order valence-electron chi connectivity index (χ4n) is 2.29. The summed E-state index contributed by atoms with van der Waals surface area (Å²) < 4.78 is 2.08. The fourth-order valence-corrected chi connectivity index (χ4v) is 3.40. The number of rotatable bonds is 7. The topological polar surface area (TPSA) is 29.9 Å². The van der Waals surface area contributed by atoms with Gasteiger partial charge < -0.3 is 5.32 Å². The van der Waals surface area contributed by atoms with Crippen LogP contribution in [0, 0.1) is 6.92 Å².